The Bertz CT molecular complexity index is 928. The van der Waals surface area contributed by atoms with E-state index in [0.717, 1.165) is 11.3 Å². The zero-order valence-corrected chi connectivity index (χ0v) is 15.5. The van der Waals surface area contributed by atoms with Crippen molar-refractivity contribution in [3.8, 4) is 0 Å². The fraction of sp³-hybridized carbons (Fsp3) is 0.0526. The fourth-order valence-corrected chi connectivity index (χ4v) is 3.86. The lowest BCUT2D eigenvalue weighted by Crippen LogP contribution is -2.13. The number of carbonyl (C=O) groups is 2. The highest BCUT2D eigenvalue weighted by Crippen LogP contribution is 2.32. The predicted molar refractivity (Wildman–Crippen MR) is 105 cm³/mol. The molecule has 0 saturated heterocycles. The van der Waals surface area contributed by atoms with Gasteiger partial charge in [0.25, 0.3) is 17.6 Å². The van der Waals surface area contributed by atoms with Crippen LogP contribution in [0.15, 0.2) is 70.9 Å². The number of halogens is 2. The zero-order chi connectivity index (χ0) is 19.2. The molecule has 3 aromatic rings. The number of amides is 2. The van der Waals surface area contributed by atoms with Crippen molar-refractivity contribution in [3.63, 3.8) is 0 Å². The van der Waals surface area contributed by atoms with Crippen LogP contribution in [0.4, 0.5) is 20.2 Å². The Kier molecular flexibility index (Phi) is 6.20. The second-order valence-electron chi connectivity index (χ2n) is 5.34. The summed E-state index contributed by atoms with van der Waals surface area (Å²) >= 11 is 1.44. The van der Waals surface area contributed by atoms with E-state index in [1.54, 1.807) is 41.8 Å². The topological polar surface area (TPSA) is 58.2 Å². The van der Waals surface area contributed by atoms with Gasteiger partial charge >= 0.3 is 0 Å². The highest BCUT2D eigenvalue weighted by molar-refractivity contribution is 7.99. The summed E-state index contributed by atoms with van der Waals surface area (Å²) in [5, 5.41) is 7.02. The lowest BCUT2D eigenvalue weighted by molar-refractivity contribution is 0.102. The van der Waals surface area contributed by atoms with Crippen molar-refractivity contribution in [2.24, 2.45) is 0 Å². The van der Waals surface area contributed by atoms with Crippen molar-refractivity contribution >= 4 is 46.3 Å². The Morgan fingerprint density at radius 2 is 1.48 bits per heavy atom. The first-order valence-corrected chi connectivity index (χ1v) is 9.59. The zero-order valence-electron chi connectivity index (χ0n) is 13.8. The van der Waals surface area contributed by atoms with Gasteiger partial charge < -0.3 is 10.6 Å². The molecule has 0 spiro atoms. The number of benzene rings is 2. The van der Waals surface area contributed by atoms with Gasteiger partial charge in [0.2, 0.25) is 0 Å². The average molecular weight is 404 g/mol. The third kappa shape index (κ3) is 5.15. The van der Waals surface area contributed by atoms with Crippen LogP contribution in [0.5, 0.6) is 0 Å². The maximum absolute atomic E-state index is 12.5. The maximum atomic E-state index is 12.5. The Morgan fingerprint density at radius 1 is 0.852 bits per heavy atom. The van der Waals surface area contributed by atoms with Crippen molar-refractivity contribution in [2.75, 3.05) is 10.6 Å². The quantitative estimate of drug-likeness (QED) is 0.528. The summed E-state index contributed by atoms with van der Waals surface area (Å²) in [5.41, 5.74) is 1.58. The highest BCUT2D eigenvalue weighted by Gasteiger charge is 2.17. The molecular weight excluding hydrogens is 390 g/mol. The molecule has 0 aliphatic heterocycles. The minimum atomic E-state index is -2.59. The maximum Gasteiger partial charge on any atom is 0.288 e. The van der Waals surface area contributed by atoms with Crippen molar-refractivity contribution in [3.05, 3.63) is 76.5 Å². The molecule has 0 aliphatic rings. The van der Waals surface area contributed by atoms with E-state index in [1.165, 1.54) is 6.07 Å². The number of hydrogen-bond donors (Lipinski definition) is 2. The summed E-state index contributed by atoms with van der Waals surface area (Å²) in [6.07, 6.45) is 0. The van der Waals surface area contributed by atoms with Gasteiger partial charge in [-0.3, -0.25) is 9.59 Å². The predicted octanol–water partition coefficient (Wildman–Crippen LogP) is 5.57. The third-order valence-electron chi connectivity index (χ3n) is 3.49. The molecule has 1 heterocycles. The summed E-state index contributed by atoms with van der Waals surface area (Å²) in [4.78, 5) is 25.0. The van der Waals surface area contributed by atoms with E-state index >= 15 is 0 Å². The SMILES string of the molecule is O=C(Nc1ccccc1)c1ccc(NC(=O)c2sccc2SC(F)F)cc1. The second kappa shape index (κ2) is 8.79. The number of thioether (sulfide) groups is 1. The fourth-order valence-electron chi connectivity index (χ4n) is 2.27. The Hall–Kier alpha value is -2.71. The van der Waals surface area contributed by atoms with E-state index in [9.17, 15) is 18.4 Å². The van der Waals surface area contributed by atoms with Crippen LogP contribution < -0.4 is 10.6 Å². The second-order valence-corrected chi connectivity index (χ2v) is 7.29. The smallest absolute Gasteiger partial charge is 0.288 e. The number of rotatable bonds is 6. The van der Waals surface area contributed by atoms with Gasteiger partial charge in [0.1, 0.15) is 4.88 Å². The number of carbonyl (C=O) groups excluding carboxylic acids is 2. The van der Waals surface area contributed by atoms with Crippen LogP contribution in [-0.4, -0.2) is 17.6 Å². The van der Waals surface area contributed by atoms with E-state index in [2.05, 4.69) is 10.6 Å². The van der Waals surface area contributed by atoms with Crippen LogP contribution in [-0.2, 0) is 0 Å². The first-order valence-electron chi connectivity index (χ1n) is 7.83. The van der Waals surface area contributed by atoms with Crippen molar-refractivity contribution < 1.29 is 18.4 Å². The van der Waals surface area contributed by atoms with Crippen LogP contribution in [0.25, 0.3) is 0 Å². The molecule has 3 rings (SSSR count). The summed E-state index contributed by atoms with van der Waals surface area (Å²) in [7, 11) is 0. The molecule has 0 unspecified atom stereocenters. The normalized spacial score (nSPS) is 10.6. The molecule has 27 heavy (non-hydrogen) atoms. The van der Waals surface area contributed by atoms with Crippen molar-refractivity contribution in [2.45, 2.75) is 10.7 Å². The van der Waals surface area contributed by atoms with Gasteiger partial charge in [-0.05, 0) is 47.8 Å². The molecule has 0 radical (unpaired) electrons. The van der Waals surface area contributed by atoms with E-state index in [4.69, 9.17) is 0 Å². The summed E-state index contributed by atoms with van der Waals surface area (Å²) in [6.45, 7) is 0. The number of nitrogens with one attached hydrogen (secondary N) is 2. The summed E-state index contributed by atoms with van der Waals surface area (Å²) in [6, 6.07) is 16.9. The molecule has 2 aromatic carbocycles. The Labute approximate surface area is 162 Å². The summed E-state index contributed by atoms with van der Waals surface area (Å²) in [5.74, 6) is -3.32. The number of anilines is 2. The Morgan fingerprint density at radius 3 is 2.15 bits per heavy atom. The first kappa shape index (κ1) is 19.1. The molecule has 4 nitrogen and oxygen atoms in total. The van der Waals surface area contributed by atoms with Gasteiger partial charge in [-0.2, -0.15) is 8.78 Å². The lowest BCUT2D eigenvalue weighted by atomic mass is 10.2. The lowest BCUT2D eigenvalue weighted by Gasteiger charge is -2.08. The monoisotopic (exact) mass is 404 g/mol. The molecule has 0 fully saturated rings. The number of thiophene rings is 1. The molecule has 2 N–H and O–H groups in total. The van der Waals surface area contributed by atoms with E-state index in [1.807, 2.05) is 18.2 Å². The van der Waals surface area contributed by atoms with Gasteiger partial charge in [0, 0.05) is 21.8 Å². The standard InChI is InChI=1S/C19H14F2N2O2S2/c20-19(21)27-15-10-11-26-16(15)18(25)23-14-8-6-12(7-9-14)17(24)22-13-4-2-1-3-5-13/h1-11,19H,(H,22,24)(H,23,25). The van der Waals surface area contributed by atoms with Crippen molar-refractivity contribution in [1.29, 1.82) is 0 Å². The molecule has 0 bridgehead atoms. The molecule has 0 aliphatic carbocycles. The van der Waals surface area contributed by atoms with Crippen molar-refractivity contribution in [1.82, 2.24) is 0 Å². The molecule has 0 atom stereocenters. The van der Waals surface area contributed by atoms with Gasteiger partial charge in [-0.1, -0.05) is 30.0 Å². The summed E-state index contributed by atoms with van der Waals surface area (Å²) < 4.78 is 25.1. The van der Waals surface area contributed by atoms with Gasteiger partial charge in [0.15, 0.2) is 0 Å². The molecular formula is C19H14F2N2O2S2. The van der Waals surface area contributed by atoms with E-state index in [-0.39, 0.29) is 15.7 Å². The largest absolute Gasteiger partial charge is 0.322 e. The molecule has 8 heteroatoms. The highest BCUT2D eigenvalue weighted by atomic mass is 32.2. The van der Waals surface area contributed by atoms with Crippen LogP contribution in [0.1, 0.15) is 20.0 Å². The third-order valence-corrected chi connectivity index (χ3v) is 5.30. The molecule has 2 amide bonds. The first-order chi connectivity index (χ1) is 13.0. The van der Waals surface area contributed by atoms with E-state index in [0.29, 0.717) is 28.7 Å². The van der Waals surface area contributed by atoms with Crippen LogP contribution in [0.2, 0.25) is 0 Å². The number of hydrogen-bond acceptors (Lipinski definition) is 4. The van der Waals surface area contributed by atoms with Gasteiger partial charge in [-0.25, -0.2) is 0 Å². The van der Waals surface area contributed by atoms with E-state index < -0.39 is 11.7 Å². The average Bonchev–Trinajstić information content (AvgIpc) is 3.10. The minimum Gasteiger partial charge on any atom is -0.322 e. The van der Waals surface area contributed by atoms with Gasteiger partial charge in [0.05, 0.1) is 0 Å². The molecule has 1 aromatic heterocycles. The van der Waals surface area contributed by atoms with Crippen LogP contribution in [0.3, 0.4) is 0 Å². The van der Waals surface area contributed by atoms with Gasteiger partial charge in [-0.15, -0.1) is 11.3 Å². The number of para-hydroxylation sites is 1. The Balaban J connectivity index is 1.64. The minimum absolute atomic E-state index is 0.228. The van der Waals surface area contributed by atoms with Crippen LogP contribution in [0, 0.1) is 0 Å². The number of alkyl halides is 2. The molecule has 0 saturated carbocycles. The van der Waals surface area contributed by atoms with Crippen LogP contribution >= 0.6 is 23.1 Å². The molecule has 138 valence electrons.